The van der Waals surface area contributed by atoms with Crippen LogP contribution in [0.3, 0.4) is 0 Å². The second kappa shape index (κ2) is 13.1. The van der Waals surface area contributed by atoms with Crippen LogP contribution in [0.4, 0.5) is 58.4 Å². The number of benzene rings is 3. The number of alkyl halides is 3. The number of nitrogens with one attached hydrogen (secondary N) is 2. The molecule has 3 heterocycles. The van der Waals surface area contributed by atoms with E-state index in [1.165, 1.54) is 31.4 Å². The highest BCUT2D eigenvalue weighted by Gasteiger charge is 2.31. The highest BCUT2D eigenvalue weighted by Crippen LogP contribution is 2.40. The van der Waals surface area contributed by atoms with E-state index in [0.717, 1.165) is 12.1 Å². The van der Waals surface area contributed by atoms with Crippen molar-refractivity contribution in [2.45, 2.75) is 18.6 Å². The summed E-state index contributed by atoms with van der Waals surface area (Å²) in [6, 6.07) is 15.0. The van der Waals surface area contributed by atoms with Crippen LogP contribution in [0, 0.1) is 5.82 Å². The first-order valence-corrected chi connectivity index (χ1v) is 14.6. The van der Waals surface area contributed by atoms with E-state index >= 15 is 0 Å². The normalized spacial score (nSPS) is 14.2. The van der Waals surface area contributed by atoms with Gasteiger partial charge in [-0.25, -0.2) is 9.38 Å². The van der Waals surface area contributed by atoms with Crippen LogP contribution in [-0.4, -0.2) is 51.8 Å². The van der Waals surface area contributed by atoms with Crippen molar-refractivity contribution >= 4 is 46.6 Å². The Labute approximate surface area is 277 Å². The van der Waals surface area contributed by atoms with Gasteiger partial charge in [-0.05, 0) is 59.7 Å². The molecule has 1 unspecified atom stereocenters. The molecular weight excluding hydrogens is 646 g/mol. The Bertz CT molecular complexity index is 2020. The summed E-state index contributed by atoms with van der Waals surface area (Å²) in [6.45, 7) is 0. The molecule has 1 aliphatic rings. The Kier molecular flexibility index (Phi) is 8.73. The number of halogens is 4. The molecule has 6 rings (SSSR count). The molecule has 0 saturated heterocycles. The number of rotatable bonds is 8. The largest absolute Gasteiger partial charge is 0.493 e. The number of anilines is 6. The third kappa shape index (κ3) is 7.34. The van der Waals surface area contributed by atoms with E-state index in [-0.39, 0.29) is 53.2 Å². The van der Waals surface area contributed by atoms with Crippen LogP contribution in [0.1, 0.15) is 29.2 Å². The third-order valence-electron chi connectivity index (χ3n) is 7.32. The van der Waals surface area contributed by atoms with Crippen molar-refractivity contribution in [2.24, 2.45) is 4.99 Å². The van der Waals surface area contributed by atoms with Crippen LogP contribution in [0.2, 0.25) is 0 Å². The monoisotopic (exact) mass is 675 g/mol. The molecule has 6 N–H and O–H groups in total. The van der Waals surface area contributed by atoms with Crippen molar-refractivity contribution in [3.63, 3.8) is 0 Å². The molecule has 2 aromatic heterocycles. The number of aromatic nitrogens is 5. The van der Waals surface area contributed by atoms with Gasteiger partial charge in [-0.15, -0.1) is 0 Å². The Morgan fingerprint density at radius 3 is 2.31 bits per heavy atom. The second-order valence-corrected chi connectivity index (χ2v) is 11.0. The molecule has 0 fully saturated rings. The lowest BCUT2D eigenvalue weighted by molar-refractivity contribution is -0.137. The highest BCUT2D eigenvalue weighted by molar-refractivity contribution is 6.04. The third-order valence-corrected chi connectivity index (χ3v) is 7.32. The summed E-state index contributed by atoms with van der Waals surface area (Å²) in [5, 5.41) is 6.31. The van der Waals surface area contributed by atoms with Crippen molar-refractivity contribution in [2.75, 3.05) is 48.2 Å². The van der Waals surface area contributed by atoms with Gasteiger partial charge in [-0.1, -0.05) is 18.2 Å². The van der Waals surface area contributed by atoms with E-state index < -0.39 is 17.8 Å². The van der Waals surface area contributed by atoms with Gasteiger partial charge >= 0.3 is 12.2 Å². The summed E-state index contributed by atoms with van der Waals surface area (Å²) in [5.74, 6) is 0.829. The van der Waals surface area contributed by atoms with Crippen molar-refractivity contribution in [3.8, 4) is 17.5 Å². The standard InChI is InChI=1S/C32H29F4N11O2/c1-47(2)30-44-29(39-20-11-9-19(33)10-12-20)45-31(46-30)49-23-13-6-17(14-24(23)48-3)22-15-21(16-4-7-18(8-5-16)32(34,35)36)40-25-26(37)42-28(38)43-27(25)41-22/h4-14,22H,15H2,1-3H3,(H,39,44,45,46)(H5,37,38,41,42,43). The van der Waals surface area contributed by atoms with Crippen molar-refractivity contribution in [1.82, 2.24) is 24.9 Å². The lowest BCUT2D eigenvalue weighted by Crippen LogP contribution is -2.16. The molecular formula is C32H29F4N11O2. The second-order valence-electron chi connectivity index (χ2n) is 11.0. The smallest absolute Gasteiger partial charge is 0.416 e. The molecule has 0 spiro atoms. The van der Waals surface area contributed by atoms with Crippen molar-refractivity contribution < 1.29 is 27.0 Å². The van der Waals surface area contributed by atoms with Gasteiger partial charge < -0.3 is 36.5 Å². The van der Waals surface area contributed by atoms with E-state index in [9.17, 15) is 17.6 Å². The molecule has 17 heteroatoms. The molecule has 1 aliphatic heterocycles. The van der Waals surface area contributed by atoms with Gasteiger partial charge in [-0.2, -0.15) is 38.1 Å². The molecule has 0 saturated carbocycles. The Balaban J connectivity index is 1.33. The average Bonchev–Trinajstić information content (AvgIpc) is 3.26. The highest BCUT2D eigenvalue weighted by atomic mass is 19.4. The number of nitrogens with zero attached hydrogens (tertiary/aromatic N) is 7. The molecule has 0 aliphatic carbocycles. The zero-order valence-electron chi connectivity index (χ0n) is 26.2. The summed E-state index contributed by atoms with van der Waals surface area (Å²) in [5.41, 5.74) is 13.6. The van der Waals surface area contributed by atoms with Crippen LogP contribution >= 0.6 is 0 Å². The number of nitrogens with two attached hydrogens (primary N) is 2. The molecule has 0 amide bonds. The van der Waals surface area contributed by atoms with Crippen LogP contribution in [0.25, 0.3) is 0 Å². The molecule has 0 radical (unpaired) electrons. The van der Waals surface area contributed by atoms with Gasteiger partial charge in [0.15, 0.2) is 23.1 Å². The minimum atomic E-state index is -4.49. The van der Waals surface area contributed by atoms with E-state index in [4.69, 9.17) is 20.9 Å². The number of hydrogen-bond acceptors (Lipinski definition) is 13. The fourth-order valence-electron chi connectivity index (χ4n) is 4.92. The van der Waals surface area contributed by atoms with Crippen molar-refractivity contribution in [3.05, 3.63) is 89.2 Å². The van der Waals surface area contributed by atoms with Gasteiger partial charge in [0.25, 0.3) is 0 Å². The number of fused-ring (bicyclic) bond motifs is 1. The van der Waals surface area contributed by atoms with Gasteiger partial charge in [0.1, 0.15) is 11.5 Å². The summed E-state index contributed by atoms with van der Waals surface area (Å²) in [7, 11) is 4.97. The Morgan fingerprint density at radius 2 is 1.63 bits per heavy atom. The first kappa shape index (κ1) is 32.7. The summed E-state index contributed by atoms with van der Waals surface area (Å²) >= 11 is 0. The minimum Gasteiger partial charge on any atom is -0.493 e. The molecule has 3 aromatic carbocycles. The predicted molar refractivity (Wildman–Crippen MR) is 176 cm³/mol. The molecule has 0 bridgehead atoms. The van der Waals surface area contributed by atoms with Gasteiger partial charge in [0, 0.05) is 26.2 Å². The number of hydrogen-bond donors (Lipinski definition) is 4. The number of ether oxygens (including phenoxy) is 2. The molecule has 252 valence electrons. The molecule has 49 heavy (non-hydrogen) atoms. The lowest BCUT2D eigenvalue weighted by Gasteiger charge is -2.21. The van der Waals surface area contributed by atoms with Gasteiger partial charge in [0.05, 0.1) is 24.4 Å². The zero-order chi connectivity index (χ0) is 34.9. The minimum absolute atomic E-state index is 0.00382. The summed E-state index contributed by atoms with van der Waals surface area (Å²) in [6.07, 6.45) is -4.28. The molecule has 13 nitrogen and oxygen atoms in total. The Morgan fingerprint density at radius 1 is 0.898 bits per heavy atom. The number of nitrogen functional groups attached to an aromatic ring is 2. The van der Waals surface area contributed by atoms with E-state index in [1.807, 2.05) is 0 Å². The maximum atomic E-state index is 13.4. The molecule has 1 atom stereocenters. The topological polar surface area (TPSA) is 175 Å². The van der Waals surface area contributed by atoms with Crippen molar-refractivity contribution in [1.29, 1.82) is 0 Å². The maximum absolute atomic E-state index is 13.4. The fourth-order valence-corrected chi connectivity index (χ4v) is 4.92. The van der Waals surface area contributed by atoms with Crippen LogP contribution in [0.15, 0.2) is 71.7 Å². The maximum Gasteiger partial charge on any atom is 0.416 e. The lowest BCUT2D eigenvalue weighted by atomic mass is 9.96. The van der Waals surface area contributed by atoms with Gasteiger partial charge in [-0.3, -0.25) is 0 Å². The predicted octanol–water partition coefficient (Wildman–Crippen LogP) is 6.27. The number of methoxy groups -OCH3 is 1. The van der Waals surface area contributed by atoms with E-state index in [1.54, 1.807) is 49.3 Å². The van der Waals surface area contributed by atoms with E-state index in [0.29, 0.717) is 34.2 Å². The summed E-state index contributed by atoms with van der Waals surface area (Å²) in [4.78, 5) is 27.7. The van der Waals surface area contributed by atoms with Gasteiger partial charge in [0.2, 0.25) is 17.8 Å². The first-order valence-electron chi connectivity index (χ1n) is 14.6. The fraction of sp³-hybridized carbons (Fsp3) is 0.188. The zero-order valence-corrected chi connectivity index (χ0v) is 26.2. The molecule has 5 aromatic rings. The van der Waals surface area contributed by atoms with E-state index in [2.05, 4.69) is 40.5 Å². The average molecular weight is 676 g/mol. The SMILES string of the molecule is COc1cc(C2CC(c3ccc(C(F)(F)F)cc3)=Nc3c(N)nc(N)nc3N2)ccc1Oc1nc(Nc2ccc(F)cc2)nc(N(C)C)n1. The first-order chi connectivity index (χ1) is 23.4. The van der Waals surface area contributed by atoms with Crippen LogP contribution < -0.4 is 36.5 Å². The summed E-state index contributed by atoms with van der Waals surface area (Å²) < 4.78 is 65.0. The number of aliphatic imine (C=N–C) groups is 1. The Hall–Kier alpha value is -6.26. The quantitative estimate of drug-likeness (QED) is 0.136. The van der Waals surface area contributed by atoms with Crippen LogP contribution in [0.5, 0.6) is 17.5 Å². The van der Waals surface area contributed by atoms with Crippen LogP contribution in [-0.2, 0) is 6.18 Å².